The van der Waals surface area contributed by atoms with Gasteiger partial charge in [-0.3, -0.25) is 4.79 Å². The zero-order valence-corrected chi connectivity index (χ0v) is 13.2. The van der Waals surface area contributed by atoms with Crippen molar-refractivity contribution in [1.82, 2.24) is 14.3 Å². The number of aromatic nitrogens is 2. The Hall–Kier alpha value is -1.84. The normalized spacial score (nSPS) is 25.2. The monoisotopic (exact) mass is 297 g/mol. The summed E-state index contributed by atoms with van der Waals surface area (Å²) in [5, 5.41) is 0. The fraction of sp³-hybridized carbons (Fsp3) is 0.556. The number of piperidine rings is 1. The lowest BCUT2D eigenvalue weighted by atomic mass is 9.87. The van der Waals surface area contributed by atoms with E-state index in [-0.39, 0.29) is 5.92 Å². The summed E-state index contributed by atoms with van der Waals surface area (Å²) in [6, 6.07) is 6.10. The number of hydrogen-bond acceptors (Lipinski definition) is 2. The van der Waals surface area contributed by atoms with Gasteiger partial charge in [-0.25, -0.2) is 4.98 Å². The van der Waals surface area contributed by atoms with Crippen LogP contribution in [0.25, 0.3) is 5.65 Å². The molecule has 3 heterocycles. The van der Waals surface area contributed by atoms with Crippen molar-refractivity contribution in [3.63, 3.8) is 0 Å². The predicted molar refractivity (Wildman–Crippen MR) is 85.7 cm³/mol. The van der Waals surface area contributed by atoms with Gasteiger partial charge >= 0.3 is 0 Å². The topological polar surface area (TPSA) is 37.6 Å². The van der Waals surface area contributed by atoms with Gasteiger partial charge in [-0.1, -0.05) is 13.0 Å². The van der Waals surface area contributed by atoms with Gasteiger partial charge < -0.3 is 9.30 Å². The molecule has 2 aliphatic rings. The van der Waals surface area contributed by atoms with Crippen LogP contribution in [0.1, 0.15) is 37.6 Å². The molecule has 1 aliphatic carbocycles. The summed E-state index contributed by atoms with van der Waals surface area (Å²) >= 11 is 0. The van der Waals surface area contributed by atoms with Gasteiger partial charge in [-0.2, -0.15) is 0 Å². The second kappa shape index (κ2) is 5.41. The largest absolute Gasteiger partial charge is 0.342 e. The van der Waals surface area contributed by atoms with Crippen LogP contribution in [0, 0.1) is 11.8 Å². The minimum atomic E-state index is 0.137. The molecular weight excluding hydrogens is 274 g/mol. The van der Waals surface area contributed by atoms with E-state index in [0.29, 0.717) is 11.8 Å². The first-order valence-electron chi connectivity index (χ1n) is 8.46. The van der Waals surface area contributed by atoms with Gasteiger partial charge in [0.1, 0.15) is 5.65 Å². The Labute approximate surface area is 131 Å². The molecule has 22 heavy (non-hydrogen) atoms. The summed E-state index contributed by atoms with van der Waals surface area (Å²) in [7, 11) is 0. The molecule has 0 N–H and O–H groups in total. The number of nitrogens with zero attached hydrogens (tertiary/aromatic N) is 3. The van der Waals surface area contributed by atoms with Gasteiger partial charge in [0.15, 0.2) is 0 Å². The number of carbonyl (C=O) groups is 1. The molecule has 1 saturated heterocycles. The molecule has 0 bridgehead atoms. The molecule has 4 rings (SSSR count). The van der Waals surface area contributed by atoms with E-state index < -0.39 is 0 Å². The van der Waals surface area contributed by atoms with Crippen LogP contribution in [0.4, 0.5) is 0 Å². The number of likely N-dealkylation sites (tertiary alicyclic amines) is 1. The zero-order valence-electron chi connectivity index (χ0n) is 13.2. The van der Waals surface area contributed by atoms with Crippen LogP contribution >= 0.6 is 0 Å². The van der Waals surface area contributed by atoms with Crippen molar-refractivity contribution in [2.45, 2.75) is 39.0 Å². The van der Waals surface area contributed by atoms with Crippen molar-refractivity contribution in [2.75, 3.05) is 13.1 Å². The molecule has 4 heteroatoms. The molecule has 2 aromatic rings. The van der Waals surface area contributed by atoms with Crippen LogP contribution in [0.15, 0.2) is 24.4 Å². The lowest BCUT2D eigenvalue weighted by Gasteiger charge is -2.34. The molecule has 0 saturated carbocycles. The lowest BCUT2D eigenvalue weighted by Crippen LogP contribution is -2.43. The molecule has 1 amide bonds. The van der Waals surface area contributed by atoms with Crippen LogP contribution in [0.5, 0.6) is 0 Å². The highest BCUT2D eigenvalue weighted by atomic mass is 16.2. The van der Waals surface area contributed by atoms with E-state index >= 15 is 0 Å². The van der Waals surface area contributed by atoms with E-state index in [2.05, 4.69) is 22.4 Å². The minimum Gasteiger partial charge on any atom is -0.342 e. The van der Waals surface area contributed by atoms with Gasteiger partial charge in [0.05, 0.1) is 5.69 Å². The fourth-order valence-electron chi connectivity index (χ4n) is 4.02. The van der Waals surface area contributed by atoms with E-state index in [0.717, 1.165) is 44.4 Å². The molecule has 116 valence electrons. The van der Waals surface area contributed by atoms with Crippen molar-refractivity contribution >= 4 is 11.6 Å². The Morgan fingerprint density at radius 2 is 2.23 bits per heavy atom. The molecule has 0 aromatic carbocycles. The summed E-state index contributed by atoms with van der Waals surface area (Å²) < 4.78 is 2.16. The average molecular weight is 297 g/mol. The number of aryl methyl sites for hydroxylation is 1. The van der Waals surface area contributed by atoms with Crippen molar-refractivity contribution in [3.05, 3.63) is 35.8 Å². The van der Waals surface area contributed by atoms with Crippen LogP contribution in [-0.4, -0.2) is 33.3 Å². The Bertz CT molecular complexity index is 705. The Morgan fingerprint density at radius 3 is 3.09 bits per heavy atom. The van der Waals surface area contributed by atoms with Crippen molar-refractivity contribution in [1.29, 1.82) is 0 Å². The third kappa shape index (κ3) is 2.31. The van der Waals surface area contributed by atoms with Crippen molar-refractivity contribution in [2.24, 2.45) is 11.8 Å². The summed E-state index contributed by atoms with van der Waals surface area (Å²) in [6.45, 7) is 4.14. The summed E-state index contributed by atoms with van der Waals surface area (Å²) in [5.41, 5.74) is 3.43. The number of pyridine rings is 1. The highest BCUT2D eigenvalue weighted by molar-refractivity contribution is 5.79. The number of hydrogen-bond donors (Lipinski definition) is 0. The predicted octanol–water partition coefficient (Wildman–Crippen LogP) is 2.70. The molecule has 4 nitrogen and oxygen atoms in total. The number of rotatable bonds is 1. The SMILES string of the molecule is CC1CCCN(C(=O)C2CCc3nc4ccccn4c3C2)C1. The summed E-state index contributed by atoms with van der Waals surface area (Å²) in [5.74, 6) is 1.15. The first kappa shape index (κ1) is 13.8. The summed E-state index contributed by atoms with van der Waals surface area (Å²) in [6.07, 6.45) is 7.19. The lowest BCUT2D eigenvalue weighted by molar-refractivity contribution is -0.137. The molecule has 1 fully saturated rings. The Balaban J connectivity index is 1.57. The van der Waals surface area contributed by atoms with Crippen LogP contribution < -0.4 is 0 Å². The second-order valence-corrected chi connectivity index (χ2v) is 6.91. The van der Waals surface area contributed by atoms with Crippen LogP contribution in [0.2, 0.25) is 0 Å². The quantitative estimate of drug-likeness (QED) is 0.811. The maximum atomic E-state index is 12.9. The van der Waals surface area contributed by atoms with E-state index in [1.807, 2.05) is 18.2 Å². The minimum absolute atomic E-state index is 0.137. The standard InChI is InChI=1S/C18H23N3O/c1-13-5-4-9-20(12-13)18(22)14-7-8-15-16(11-14)21-10-3-2-6-17(21)19-15/h2-3,6,10,13-14H,4-5,7-9,11-12H2,1H3. The van der Waals surface area contributed by atoms with Crippen LogP contribution in [0.3, 0.4) is 0 Å². The maximum absolute atomic E-state index is 12.9. The molecule has 0 spiro atoms. The van der Waals surface area contributed by atoms with E-state index in [9.17, 15) is 4.79 Å². The number of fused-ring (bicyclic) bond motifs is 3. The highest BCUT2D eigenvalue weighted by Crippen LogP contribution is 2.29. The average Bonchev–Trinajstić information content (AvgIpc) is 2.92. The van der Waals surface area contributed by atoms with Crippen LogP contribution in [-0.2, 0) is 17.6 Å². The molecular formula is C18H23N3O. The third-order valence-corrected chi connectivity index (χ3v) is 5.20. The Morgan fingerprint density at radius 1 is 1.32 bits per heavy atom. The Kier molecular flexibility index (Phi) is 3.40. The molecule has 2 aromatic heterocycles. The van der Waals surface area contributed by atoms with Gasteiger partial charge in [0, 0.05) is 37.3 Å². The summed E-state index contributed by atoms with van der Waals surface area (Å²) in [4.78, 5) is 19.7. The molecule has 2 atom stereocenters. The molecule has 2 unspecified atom stereocenters. The third-order valence-electron chi connectivity index (χ3n) is 5.20. The van der Waals surface area contributed by atoms with Crippen molar-refractivity contribution in [3.8, 4) is 0 Å². The number of imidazole rings is 1. The smallest absolute Gasteiger partial charge is 0.226 e. The molecule has 0 radical (unpaired) electrons. The zero-order chi connectivity index (χ0) is 15.1. The van der Waals surface area contributed by atoms with Gasteiger partial charge in [-0.15, -0.1) is 0 Å². The van der Waals surface area contributed by atoms with E-state index in [1.54, 1.807) is 0 Å². The fourth-order valence-corrected chi connectivity index (χ4v) is 4.02. The number of carbonyl (C=O) groups excluding carboxylic acids is 1. The van der Waals surface area contributed by atoms with E-state index in [1.165, 1.54) is 17.8 Å². The van der Waals surface area contributed by atoms with E-state index in [4.69, 9.17) is 4.98 Å². The molecule has 1 aliphatic heterocycles. The second-order valence-electron chi connectivity index (χ2n) is 6.91. The number of amides is 1. The first-order chi connectivity index (χ1) is 10.7. The van der Waals surface area contributed by atoms with Crippen molar-refractivity contribution < 1.29 is 4.79 Å². The van der Waals surface area contributed by atoms with Gasteiger partial charge in [0.2, 0.25) is 5.91 Å². The van der Waals surface area contributed by atoms with Gasteiger partial charge in [-0.05, 0) is 43.7 Å². The maximum Gasteiger partial charge on any atom is 0.226 e. The highest BCUT2D eigenvalue weighted by Gasteiger charge is 2.32. The first-order valence-corrected chi connectivity index (χ1v) is 8.46. The van der Waals surface area contributed by atoms with Gasteiger partial charge in [0.25, 0.3) is 0 Å².